The molecule has 1 amide bonds. The average Bonchev–Trinajstić information content (AvgIpc) is 2.45. The number of halogens is 1. The Morgan fingerprint density at radius 1 is 1.39 bits per heavy atom. The Morgan fingerprint density at radius 2 is 2.04 bits per heavy atom. The van der Waals surface area contributed by atoms with E-state index < -0.39 is 5.60 Å². The number of rotatable bonds is 3. The van der Waals surface area contributed by atoms with Gasteiger partial charge in [-0.25, -0.2) is 9.18 Å². The van der Waals surface area contributed by atoms with Crippen LogP contribution in [-0.4, -0.2) is 35.7 Å². The maximum absolute atomic E-state index is 13.0. The van der Waals surface area contributed by atoms with Crippen LogP contribution in [0.4, 0.5) is 14.9 Å². The lowest BCUT2D eigenvalue weighted by Gasteiger charge is -2.33. The molecule has 3 N–H and O–H groups in total. The molecule has 5 nitrogen and oxygen atoms in total. The number of nitrogens with zero attached hydrogens (tertiary/aromatic N) is 1. The van der Waals surface area contributed by atoms with Crippen molar-refractivity contribution >= 4 is 11.8 Å². The molecule has 1 fully saturated rings. The van der Waals surface area contributed by atoms with E-state index in [4.69, 9.17) is 10.5 Å². The van der Waals surface area contributed by atoms with Gasteiger partial charge in [-0.05, 0) is 51.3 Å². The van der Waals surface area contributed by atoms with Gasteiger partial charge < -0.3 is 20.7 Å². The van der Waals surface area contributed by atoms with E-state index in [1.807, 2.05) is 20.8 Å². The third-order valence-electron chi connectivity index (χ3n) is 3.84. The van der Waals surface area contributed by atoms with Crippen molar-refractivity contribution in [3.8, 4) is 0 Å². The van der Waals surface area contributed by atoms with Gasteiger partial charge in [-0.2, -0.15) is 0 Å². The standard InChI is InChI=1S/C17H26FN3O2/c1-17(2,3)23-16(22)21-8-6-14(7-9-21)20-11-12-4-5-13(18)10-15(12)19/h4-5,10,14,20H,6-9,11,19H2,1-3H3. The maximum Gasteiger partial charge on any atom is 0.410 e. The lowest BCUT2D eigenvalue weighted by Crippen LogP contribution is -2.46. The van der Waals surface area contributed by atoms with Crippen LogP contribution in [0.2, 0.25) is 0 Å². The summed E-state index contributed by atoms with van der Waals surface area (Å²) in [6.07, 6.45) is 1.47. The van der Waals surface area contributed by atoms with E-state index in [0.717, 1.165) is 18.4 Å². The van der Waals surface area contributed by atoms with Crippen molar-refractivity contribution in [2.75, 3.05) is 18.8 Å². The van der Waals surface area contributed by atoms with Crippen LogP contribution in [0.5, 0.6) is 0 Å². The second-order valence-electron chi connectivity index (χ2n) is 6.97. The number of nitrogen functional groups attached to an aromatic ring is 1. The molecule has 1 aromatic carbocycles. The molecule has 1 aromatic rings. The first-order valence-corrected chi connectivity index (χ1v) is 8.00. The van der Waals surface area contributed by atoms with Gasteiger partial charge in [0, 0.05) is 31.4 Å². The summed E-state index contributed by atoms with van der Waals surface area (Å²) in [7, 11) is 0. The summed E-state index contributed by atoms with van der Waals surface area (Å²) in [6.45, 7) is 7.55. The highest BCUT2D eigenvalue weighted by Gasteiger charge is 2.26. The van der Waals surface area contributed by atoms with E-state index in [0.29, 0.717) is 31.4 Å². The highest BCUT2D eigenvalue weighted by Crippen LogP contribution is 2.17. The third kappa shape index (κ3) is 5.39. The molecule has 0 aromatic heterocycles. The minimum atomic E-state index is -0.466. The van der Waals surface area contributed by atoms with Crippen molar-refractivity contribution in [1.82, 2.24) is 10.2 Å². The molecule has 128 valence electrons. The van der Waals surface area contributed by atoms with E-state index in [9.17, 15) is 9.18 Å². The predicted octanol–water partition coefficient (Wildman–Crippen LogP) is 2.90. The van der Waals surface area contributed by atoms with Gasteiger partial charge in [0.1, 0.15) is 11.4 Å². The molecule has 0 bridgehead atoms. The molecule has 1 heterocycles. The fourth-order valence-electron chi connectivity index (χ4n) is 2.57. The Bertz CT molecular complexity index is 549. The number of amides is 1. The second kappa shape index (κ2) is 7.17. The highest BCUT2D eigenvalue weighted by atomic mass is 19.1. The minimum absolute atomic E-state index is 0.251. The summed E-state index contributed by atoms with van der Waals surface area (Å²) >= 11 is 0. The largest absolute Gasteiger partial charge is 0.444 e. The fraction of sp³-hybridized carbons (Fsp3) is 0.588. The van der Waals surface area contributed by atoms with Crippen LogP contribution in [0.1, 0.15) is 39.2 Å². The number of piperidine rings is 1. The number of carbonyl (C=O) groups excluding carboxylic acids is 1. The van der Waals surface area contributed by atoms with Crippen molar-refractivity contribution in [2.45, 2.75) is 51.8 Å². The molecule has 2 rings (SSSR count). The lowest BCUT2D eigenvalue weighted by atomic mass is 10.0. The Balaban J connectivity index is 1.77. The molecule has 1 aliphatic rings. The summed E-state index contributed by atoms with van der Waals surface area (Å²) in [6, 6.07) is 4.77. The Morgan fingerprint density at radius 3 is 2.61 bits per heavy atom. The monoisotopic (exact) mass is 323 g/mol. The minimum Gasteiger partial charge on any atom is -0.444 e. The van der Waals surface area contributed by atoms with Crippen molar-refractivity contribution in [3.63, 3.8) is 0 Å². The average molecular weight is 323 g/mol. The number of carbonyl (C=O) groups is 1. The molecule has 23 heavy (non-hydrogen) atoms. The van der Waals surface area contributed by atoms with E-state index >= 15 is 0 Å². The zero-order valence-corrected chi connectivity index (χ0v) is 14.1. The summed E-state index contributed by atoms with van der Waals surface area (Å²) in [5.41, 5.74) is 6.69. The van der Waals surface area contributed by atoms with Gasteiger partial charge >= 0.3 is 6.09 Å². The van der Waals surface area contributed by atoms with Crippen molar-refractivity contribution in [1.29, 1.82) is 0 Å². The van der Waals surface area contributed by atoms with Crippen LogP contribution in [0.15, 0.2) is 18.2 Å². The quantitative estimate of drug-likeness (QED) is 0.839. The second-order valence-corrected chi connectivity index (χ2v) is 6.97. The summed E-state index contributed by atoms with van der Waals surface area (Å²) in [5.74, 6) is -0.322. The maximum atomic E-state index is 13.0. The Labute approximate surface area is 137 Å². The van der Waals surface area contributed by atoms with Crippen LogP contribution >= 0.6 is 0 Å². The van der Waals surface area contributed by atoms with Crippen molar-refractivity contribution < 1.29 is 13.9 Å². The van der Waals surface area contributed by atoms with E-state index in [2.05, 4.69) is 5.32 Å². The van der Waals surface area contributed by atoms with Gasteiger partial charge in [0.25, 0.3) is 0 Å². The Hall–Kier alpha value is -1.82. The molecular formula is C17H26FN3O2. The van der Waals surface area contributed by atoms with Crippen LogP contribution in [0.3, 0.4) is 0 Å². The highest BCUT2D eigenvalue weighted by molar-refractivity contribution is 5.68. The van der Waals surface area contributed by atoms with Gasteiger partial charge in [-0.1, -0.05) is 6.07 Å². The summed E-state index contributed by atoms with van der Waals surface area (Å²) in [5, 5.41) is 3.42. The first kappa shape index (κ1) is 17.5. The molecule has 0 saturated carbocycles. The van der Waals surface area contributed by atoms with Crippen LogP contribution in [0.25, 0.3) is 0 Å². The number of likely N-dealkylation sites (tertiary alicyclic amines) is 1. The van der Waals surface area contributed by atoms with Crippen LogP contribution in [-0.2, 0) is 11.3 Å². The molecule has 0 radical (unpaired) electrons. The van der Waals surface area contributed by atoms with Crippen LogP contribution < -0.4 is 11.1 Å². The number of ether oxygens (including phenoxy) is 1. The normalized spacial score (nSPS) is 16.4. The number of hydrogen-bond acceptors (Lipinski definition) is 4. The lowest BCUT2D eigenvalue weighted by molar-refractivity contribution is 0.0198. The molecule has 0 aliphatic carbocycles. The van der Waals surface area contributed by atoms with E-state index in [1.54, 1.807) is 11.0 Å². The number of hydrogen-bond donors (Lipinski definition) is 2. The van der Waals surface area contributed by atoms with Gasteiger partial charge in [0.15, 0.2) is 0 Å². The van der Waals surface area contributed by atoms with E-state index in [1.165, 1.54) is 12.1 Å². The zero-order valence-electron chi connectivity index (χ0n) is 14.1. The van der Waals surface area contributed by atoms with Gasteiger partial charge in [-0.3, -0.25) is 0 Å². The number of anilines is 1. The zero-order chi connectivity index (χ0) is 17.0. The fourth-order valence-corrected chi connectivity index (χ4v) is 2.57. The third-order valence-corrected chi connectivity index (χ3v) is 3.84. The summed E-state index contributed by atoms with van der Waals surface area (Å²) < 4.78 is 18.4. The predicted molar refractivity (Wildman–Crippen MR) is 88.5 cm³/mol. The molecular weight excluding hydrogens is 297 g/mol. The smallest absolute Gasteiger partial charge is 0.410 e. The molecule has 1 aliphatic heterocycles. The van der Waals surface area contributed by atoms with E-state index in [-0.39, 0.29) is 11.9 Å². The van der Waals surface area contributed by atoms with Crippen molar-refractivity contribution in [3.05, 3.63) is 29.6 Å². The first-order valence-electron chi connectivity index (χ1n) is 8.00. The molecule has 6 heteroatoms. The number of benzene rings is 1. The topological polar surface area (TPSA) is 67.6 Å². The first-order chi connectivity index (χ1) is 10.7. The van der Waals surface area contributed by atoms with Gasteiger partial charge in [0.05, 0.1) is 0 Å². The number of nitrogens with two attached hydrogens (primary N) is 1. The van der Waals surface area contributed by atoms with Gasteiger partial charge in [0.2, 0.25) is 0 Å². The molecule has 1 saturated heterocycles. The van der Waals surface area contributed by atoms with Crippen molar-refractivity contribution in [2.24, 2.45) is 0 Å². The number of nitrogens with one attached hydrogen (secondary N) is 1. The molecule has 0 atom stereocenters. The molecule has 0 unspecified atom stereocenters. The molecule has 0 spiro atoms. The SMILES string of the molecule is CC(C)(C)OC(=O)N1CCC(NCc2ccc(F)cc2N)CC1. The Kier molecular flexibility index (Phi) is 5.46. The van der Waals surface area contributed by atoms with Crippen LogP contribution in [0, 0.1) is 5.82 Å². The van der Waals surface area contributed by atoms with Gasteiger partial charge in [-0.15, -0.1) is 0 Å². The summed E-state index contributed by atoms with van der Waals surface area (Å²) in [4.78, 5) is 13.8.